The van der Waals surface area contributed by atoms with Crippen LogP contribution in [-0.2, 0) is 7.05 Å². The fourth-order valence-electron chi connectivity index (χ4n) is 3.57. The van der Waals surface area contributed by atoms with Crippen LogP contribution in [0.5, 0.6) is 0 Å². The second-order valence-electron chi connectivity index (χ2n) is 6.39. The van der Waals surface area contributed by atoms with Crippen molar-refractivity contribution in [3.8, 4) is 11.1 Å². The van der Waals surface area contributed by atoms with E-state index in [-0.39, 0.29) is 0 Å². The van der Waals surface area contributed by atoms with Crippen LogP contribution in [-0.4, -0.2) is 21.2 Å². The molecule has 0 saturated heterocycles. The van der Waals surface area contributed by atoms with Crippen LogP contribution in [0.3, 0.4) is 0 Å². The molecule has 0 N–H and O–H groups in total. The lowest BCUT2D eigenvalue weighted by molar-refractivity contribution is 0.731. The largest absolute Gasteiger partial charge is 0.272 e. The van der Waals surface area contributed by atoms with Gasteiger partial charge in [0.2, 0.25) is 0 Å². The van der Waals surface area contributed by atoms with Gasteiger partial charge in [0.05, 0.1) is 11.4 Å². The van der Waals surface area contributed by atoms with E-state index in [1.807, 2.05) is 37.7 Å². The first-order chi connectivity index (χ1) is 12.1. The molecule has 0 saturated carbocycles. The van der Waals surface area contributed by atoms with Gasteiger partial charge in [0.15, 0.2) is 0 Å². The fraction of sp³-hybridized carbons (Fsp3) is 0.190. The molecule has 124 valence electrons. The molecule has 0 amide bonds. The quantitative estimate of drug-likeness (QED) is 0.400. The Hall–Kier alpha value is -3.01. The highest BCUT2D eigenvalue weighted by molar-refractivity contribution is 6.24. The van der Waals surface area contributed by atoms with E-state index in [1.165, 1.54) is 11.1 Å². The summed E-state index contributed by atoms with van der Waals surface area (Å²) in [5.74, 6) is 0. The van der Waals surface area contributed by atoms with Crippen LogP contribution >= 0.6 is 0 Å². The lowest BCUT2D eigenvalue weighted by Crippen LogP contribution is -2.01. The van der Waals surface area contributed by atoms with Crippen LogP contribution in [0.15, 0.2) is 58.7 Å². The number of hydrogen-bond donors (Lipinski definition) is 0. The van der Waals surface area contributed by atoms with Crippen molar-refractivity contribution in [2.24, 2.45) is 17.3 Å². The Bertz CT molecular complexity index is 990. The maximum atomic E-state index is 4.64. The van der Waals surface area contributed by atoms with Gasteiger partial charge in [-0.25, -0.2) is 0 Å². The van der Waals surface area contributed by atoms with Crippen molar-refractivity contribution in [3.05, 3.63) is 76.6 Å². The first-order valence-electron chi connectivity index (χ1n) is 8.40. The Morgan fingerprint density at radius 1 is 0.880 bits per heavy atom. The zero-order valence-corrected chi connectivity index (χ0v) is 14.9. The number of rotatable bonds is 2. The third-order valence-electron chi connectivity index (χ3n) is 4.83. The van der Waals surface area contributed by atoms with Gasteiger partial charge in [0.25, 0.3) is 0 Å². The lowest BCUT2D eigenvalue weighted by atomic mass is 10.1. The zero-order valence-electron chi connectivity index (χ0n) is 14.9. The van der Waals surface area contributed by atoms with E-state index in [1.54, 1.807) is 0 Å². The molecule has 4 nitrogen and oxygen atoms in total. The third kappa shape index (κ3) is 2.41. The van der Waals surface area contributed by atoms with Crippen molar-refractivity contribution in [3.63, 3.8) is 0 Å². The Morgan fingerprint density at radius 2 is 1.40 bits per heavy atom. The Labute approximate surface area is 147 Å². The van der Waals surface area contributed by atoms with E-state index in [0.717, 1.165) is 39.5 Å². The van der Waals surface area contributed by atoms with E-state index < -0.39 is 0 Å². The lowest BCUT2D eigenvalue weighted by Gasteiger charge is -2.02. The predicted octanol–water partition coefficient (Wildman–Crippen LogP) is 4.28. The van der Waals surface area contributed by atoms with Gasteiger partial charge in [-0.2, -0.15) is 10.2 Å². The number of hydrogen-bond acceptors (Lipinski definition) is 3. The second-order valence-corrected chi connectivity index (χ2v) is 6.39. The number of aryl methyl sites for hydroxylation is 2. The highest BCUT2D eigenvalue weighted by Crippen LogP contribution is 2.36. The minimum absolute atomic E-state index is 0.887. The summed E-state index contributed by atoms with van der Waals surface area (Å²) in [6.07, 6.45) is 0. The van der Waals surface area contributed by atoms with Crippen molar-refractivity contribution in [2.45, 2.75) is 20.8 Å². The molecular weight excluding hydrogens is 308 g/mol. The number of benzene rings is 2. The molecule has 1 aliphatic carbocycles. The molecule has 1 aliphatic rings. The van der Waals surface area contributed by atoms with Crippen LogP contribution < -0.4 is 0 Å². The van der Waals surface area contributed by atoms with Crippen molar-refractivity contribution in [1.82, 2.24) is 9.78 Å². The molecule has 1 heterocycles. The van der Waals surface area contributed by atoms with Gasteiger partial charge < -0.3 is 0 Å². The highest BCUT2D eigenvalue weighted by Gasteiger charge is 2.24. The van der Waals surface area contributed by atoms with Crippen LogP contribution in [0.25, 0.3) is 11.1 Å². The standard InChI is InChI=1S/C21H20N4/c1-13(20-14(2)24-25(4)15(20)3)22-23-21-18-11-7-5-9-16(18)17-10-6-8-12-19(17)21/h5-12H,1-4H3/b22-13+. The summed E-state index contributed by atoms with van der Waals surface area (Å²) in [5, 5.41) is 13.7. The minimum Gasteiger partial charge on any atom is -0.272 e. The van der Waals surface area contributed by atoms with Gasteiger partial charge >= 0.3 is 0 Å². The van der Waals surface area contributed by atoms with Gasteiger partial charge in [-0.3, -0.25) is 4.68 Å². The van der Waals surface area contributed by atoms with E-state index in [4.69, 9.17) is 0 Å². The number of nitrogens with zero attached hydrogens (tertiary/aromatic N) is 4. The van der Waals surface area contributed by atoms with Gasteiger partial charge in [0, 0.05) is 29.4 Å². The molecule has 4 rings (SSSR count). The predicted molar refractivity (Wildman–Crippen MR) is 102 cm³/mol. The minimum atomic E-state index is 0.887. The van der Waals surface area contributed by atoms with Crippen molar-refractivity contribution >= 4 is 11.4 Å². The Kier molecular flexibility index (Phi) is 3.61. The monoisotopic (exact) mass is 328 g/mol. The van der Waals surface area contributed by atoms with E-state index in [0.29, 0.717) is 0 Å². The molecule has 25 heavy (non-hydrogen) atoms. The topological polar surface area (TPSA) is 42.5 Å². The van der Waals surface area contributed by atoms with E-state index >= 15 is 0 Å². The molecule has 0 spiro atoms. The van der Waals surface area contributed by atoms with Gasteiger partial charge in [-0.15, -0.1) is 5.10 Å². The van der Waals surface area contributed by atoms with Crippen molar-refractivity contribution < 1.29 is 0 Å². The molecule has 1 aromatic heterocycles. The maximum Gasteiger partial charge on any atom is 0.101 e. The molecule has 0 unspecified atom stereocenters. The van der Waals surface area contributed by atoms with Crippen LogP contribution in [0.2, 0.25) is 0 Å². The number of aromatic nitrogens is 2. The molecule has 4 heteroatoms. The van der Waals surface area contributed by atoms with Gasteiger partial charge in [-0.1, -0.05) is 48.5 Å². The first-order valence-corrected chi connectivity index (χ1v) is 8.40. The summed E-state index contributed by atoms with van der Waals surface area (Å²) in [6.45, 7) is 6.06. The Morgan fingerprint density at radius 3 is 1.88 bits per heavy atom. The van der Waals surface area contributed by atoms with E-state index in [2.05, 4.69) is 58.6 Å². The molecule has 0 fully saturated rings. The third-order valence-corrected chi connectivity index (χ3v) is 4.83. The molecule has 0 radical (unpaired) electrons. The molecule has 0 atom stereocenters. The Balaban J connectivity index is 1.84. The van der Waals surface area contributed by atoms with E-state index in [9.17, 15) is 0 Å². The zero-order chi connectivity index (χ0) is 17.6. The normalized spacial score (nSPS) is 13.0. The number of fused-ring (bicyclic) bond motifs is 3. The average Bonchev–Trinajstić information content (AvgIpc) is 3.07. The summed E-state index contributed by atoms with van der Waals surface area (Å²) in [6, 6.07) is 16.7. The summed E-state index contributed by atoms with van der Waals surface area (Å²) in [5.41, 5.74) is 9.70. The SMILES string of the molecule is C/C(=N\N=C1c2ccccc2-c2ccccc21)c1c(C)nn(C)c1C. The smallest absolute Gasteiger partial charge is 0.101 e. The van der Waals surface area contributed by atoms with Crippen LogP contribution in [0.4, 0.5) is 0 Å². The van der Waals surface area contributed by atoms with Crippen molar-refractivity contribution in [2.75, 3.05) is 0 Å². The molecule has 0 bridgehead atoms. The summed E-state index contributed by atoms with van der Waals surface area (Å²) >= 11 is 0. The average molecular weight is 328 g/mol. The van der Waals surface area contributed by atoms with Crippen LogP contribution in [0, 0.1) is 13.8 Å². The second kappa shape index (κ2) is 5.81. The van der Waals surface area contributed by atoms with Crippen molar-refractivity contribution in [1.29, 1.82) is 0 Å². The summed E-state index contributed by atoms with van der Waals surface area (Å²) < 4.78 is 1.89. The van der Waals surface area contributed by atoms with Crippen LogP contribution in [0.1, 0.15) is 35.0 Å². The fourth-order valence-corrected chi connectivity index (χ4v) is 3.57. The highest BCUT2D eigenvalue weighted by atomic mass is 15.3. The van der Waals surface area contributed by atoms with Gasteiger partial charge in [0.1, 0.15) is 5.71 Å². The molecule has 2 aromatic carbocycles. The maximum absolute atomic E-state index is 4.64. The van der Waals surface area contributed by atoms with Gasteiger partial charge in [-0.05, 0) is 31.9 Å². The molecule has 3 aromatic rings. The molecular formula is C21H20N4. The summed E-state index contributed by atoms with van der Waals surface area (Å²) in [4.78, 5) is 0. The summed E-state index contributed by atoms with van der Waals surface area (Å²) in [7, 11) is 1.95. The first kappa shape index (κ1) is 15.5. The molecule has 0 aliphatic heterocycles.